The number of benzene rings is 2. The van der Waals surface area contributed by atoms with E-state index in [0.29, 0.717) is 17.1 Å². The Bertz CT molecular complexity index is 708. The van der Waals surface area contributed by atoms with Crippen LogP contribution in [0.25, 0.3) is 0 Å². The second kappa shape index (κ2) is 7.18. The lowest BCUT2D eigenvalue weighted by atomic mass is 10.1. The molecule has 2 aromatic carbocycles. The maximum Gasteiger partial charge on any atom is 0.259 e. The predicted octanol–water partition coefficient (Wildman–Crippen LogP) is 4.35. The molecule has 2 aromatic rings. The van der Waals surface area contributed by atoms with Gasteiger partial charge >= 0.3 is 0 Å². The Kier molecular flexibility index (Phi) is 5.27. The molecule has 2 rings (SSSR count). The van der Waals surface area contributed by atoms with E-state index in [1.165, 1.54) is 0 Å². The number of amides is 1. The van der Waals surface area contributed by atoms with E-state index in [1.54, 1.807) is 25.3 Å². The van der Waals surface area contributed by atoms with E-state index in [-0.39, 0.29) is 12.0 Å². The number of carbonyl (C=O) groups excluding carboxylic acids is 1. The third-order valence-corrected chi connectivity index (χ3v) is 3.44. The molecule has 4 nitrogen and oxygen atoms in total. The molecule has 1 N–H and O–H groups in total. The summed E-state index contributed by atoms with van der Waals surface area (Å²) in [5, 5.41) is 2.96. The van der Waals surface area contributed by atoms with Crippen molar-refractivity contribution in [3.63, 3.8) is 0 Å². The van der Waals surface area contributed by atoms with E-state index < -0.39 is 0 Å². The third kappa shape index (κ3) is 4.25. The Balaban J connectivity index is 2.32. The first-order chi connectivity index (χ1) is 10.9. The van der Waals surface area contributed by atoms with Crippen molar-refractivity contribution in [1.29, 1.82) is 0 Å². The van der Waals surface area contributed by atoms with E-state index in [9.17, 15) is 4.79 Å². The molecule has 0 saturated carbocycles. The van der Waals surface area contributed by atoms with Gasteiger partial charge in [-0.05, 0) is 57.0 Å². The minimum absolute atomic E-state index is 0.0330. The smallest absolute Gasteiger partial charge is 0.259 e. The van der Waals surface area contributed by atoms with Crippen LogP contribution in [-0.2, 0) is 0 Å². The molecule has 0 aliphatic carbocycles. The van der Waals surface area contributed by atoms with Gasteiger partial charge < -0.3 is 14.8 Å². The lowest BCUT2D eigenvalue weighted by Crippen LogP contribution is -2.16. The number of ether oxygens (including phenoxy) is 2. The quantitative estimate of drug-likeness (QED) is 0.892. The summed E-state index contributed by atoms with van der Waals surface area (Å²) in [6.45, 7) is 7.81. The molecule has 0 unspecified atom stereocenters. The van der Waals surface area contributed by atoms with Crippen molar-refractivity contribution < 1.29 is 14.3 Å². The molecule has 0 bridgehead atoms. The topological polar surface area (TPSA) is 47.6 Å². The molecule has 4 heteroatoms. The van der Waals surface area contributed by atoms with Crippen molar-refractivity contribution in [3.05, 3.63) is 53.1 Å². The maximum absolute atomic E-state index is 12.6. The van der Waals surface area contributed by atoms with E-state index in [2.05, 4.69) is 5.32 Å². The van der Waals surface area contributed by atoms with Crippen LogP contribution >= 0.6 is 0 Å². The molecule has 0 aliphatic rings. The summed E-state index contributed by atoms with van der Waals surface area (Å²) in [6, 6.07) is 11.2. The van der Waals surface area contributed by atoms with Gasteiger partial charge in [0.25, 0.3) is 5.91 Å². The first-order valence-corrected chi connectivity index (χ1v) is 7.64. The summed E-state index contributed by atoms with van der Waals surface area (Å²) in [5.74, 6) is 0.975. The molecule has 0 spiro atoms. The fraction of sp³-hybridized carbons (Fsp3) is 0.316. The van der Waals surface area contributed by atoms with Crippen LogP contribution in [-0.4, -0.2) is 19.1 Å². The standard InChI is InChI=1S/C19H23NO3/c1-12(2)23-18-11-15(22-5)8-9-16(18)19(21)20-17-10-13(3)6-7-14(17)4/h6-12H,1-5H3,(H,20,21). The highest BCUT2D eigenvalue weighted by Gasteiger charge is 2.16. The molecular formula is C19H23NO3. The van der Waals surface area contributed by atoms with Crippen LogP contribution in [0.4, 0.5) is 5.69 Å². The Morgan fingerprint density at radius 2 is 1.83 bits per heavy atom. The van der Waals surface area contributed by atoms with Crippen LogP contribution in [0.1, 0.15) is 35.3 Å². The zero-order valence-electron chi connectivity index (χ0n) is 14.3. The summed E-state index contributed by atoms with van der Waals surface area (Å²) in [5.41, 5.74) is 3.41. The Morgan fingerprint density at radius 1 is 1.09 bits per heavy atom. The molecule has 0 radical (unpaired) electrons. The molecule has 0 atom stereocenters. The van der Waals surface area contributed by atoms with Crippen molar-refractivity contribution in [1.82, 2.24) is 0 Å². The number of carbonyl (C=O) groups is 1. The van der Waals surface area contributed by atoms with Gasteiger partial charge in [0.15, 0.2) is 0 Å². The van der Waals surface area contributed by atoms with Crippen LogP contribution in [0.15, 0.2) is 36.4 Å². The molecule has 122 valence electrons. The van der Waals surface area contributed by atoms with Gasteiger partial charge in [0.05, 0.1) is 18.8 Å². The molecule has 0 aromatic heterocycles. The van der Waals surface area contributed by atoms with Crippen LogP contribution in [0.5, 0.6) is 11.5 Å². The predicted molar refractivity (Wildman–Crippen MR) is 92.6 cm³/mol. The first-order valence-electron chi connectivity index (χ1n) is 7.64. The van der Waals surface area contributed by atoms with E-state index >= 15 is 0 Å². The van der Waals surface area contributed by atoms with Crippen molar-refractivity contribution in [3.8, 4) is 11.5 Å². The third-order valence-electron chi connectivity index (χ3n) is 3.44. The number of methoxy groups -OCH3 is 1. The van der Waals surface area contributed by atoms with Gasteiger partial charge in [-0.3, -0.25) is 4.79 Å². The monoisotopic (exact) mass is 313 g/mol. The average Bonchev–Trinajstić information content (AvgIpc) is 2.50. The number of nitrogens with one attached hydrogen (secondary N) is 1. The highest BCUT2D eigenvalue weighted by molar-refractivity contribution is 6.06. The van der Waals surface area contributed by atoms with Crippen LogP contribution in [0, 0.1) is 13.8 Å². The first kappa shape index (κ1) is 16.9. The molecule has 1 amide bonds. The minimum Gasteiger partial charge on any atom is -0.497 e. The summed E-state index contributed by atoms with van der Waals surface area (Å²) < 4.78 is 11.0. The van der Waals surface area contributed by atoms with Crippen LogP contribution in [0.2, 0.25) is 0 Å². The van der Waals surface area contributed by atoms with Gasteiger partial charge in [0.1, 0.15) is 11.5 Å². The molecule has 0 heterocycles. The normalized spacial score (nSPS) is 10.5. The number of hydrogen-bond acceptors (Lipinski definition) is 3. The van der Waals surface area contributed by atoms with Crippen molar-refractivity contribution in [2.24, 2.45) is 0 Å². The van der Waals surface area contributed by atoms with E-state index in [4.69, 9.17) is 9.47 Å². The maximum atomic E-state index is 12.6. The Morgan fingerprint density at radius 3 is 2.48 bits per heavy atom. The van der Waals surface area contributed by atoms with Crippen molar-refractivity contribution >= 4 is 11.6 Å². The minimum atomic E-state index is -0.197. The lowest BCUT2D eigenvalue weighted by Gasteiger charge is -2.16. The van der Waals surface area contributed by atoms with Gasteiger partial charge in [-0.15, -0.1) is 0 Å². The second-order valence-electron chi connectivity index (χ2n) is 5.80. The average molecular weight is 313 g/mol. The molecule has 0 fully saturated rings. The van der Waals surface area contributed by atoms with Crippen LogP contribution in [0.3, 0.4) is 0 Å². The molecular weight excluding hydrogens is 290 g/mol. The fourth-order valence-electron chi connectivity index (χ4n) is 2.23. The summed E-state index contributed by atoms with van der Waals surface area (Å²) >= 11 is 0. The highest BCUT2D eigenvalue weighted by atomic mass is 16.5. The fourth-order valence-corrected chi connectivity index (χ4v) is 2.23. The Labute approximate surface area is 137 Å². The SMILES string of the molecule is COc1ccc(C(=O)Nc2cc(C)ccc2C)c(OC(C)C)c1. The van der Waals surface area contributed by atoms with Gasteiger partial charge in [-0.1, -0.05) is 12.1 Å². The van der Waals surface area contributed by atoms with E-state index in [0.717, 1.165) is 16.8 Å². The van der Waals surface area contributed by atoms with Crippen molar-refractivity contribution in [2.45, 2.75) is 33.8 Å². The molecule has 0 saturated heterocycles. The summed E-state index contributed by atoms with van der Waals surface area (Å²) in [6.07, 6.45) is -0.0330. The number of aryl methyl sites for hydroxylation is 2. The highest BCUT2D eigenvalue weighted by Crippen LogP contribution is 2.27. The van der Waals surface area contributed by atoms with Gasteiger partial charge in [0.2, 0.25) is 0 Å². The van der Waals surface area contributed by atoms with E-state index in [1.807, 2.05) is 45.9 Å². The van der Waals surface area contributed by atoms with Gasteiger partial charge in [-0.2, -0.15) is 0 Å². The number of anilines is 1. The number of hydrogen-bond donors (Lipinski definition) is 1. The zero-order chi connectivity index (χ0) is 17.0. The Hall–Kier alpha value is -2.49. The molecule has 23 heavy (non-hydrogen) atoms. The van der Waals surface area contributed by atoms with Gasteiger partial charge in [-0.25, -0.2) is 0 Å². The lowest BCUT2D eigenvalue weighted by molar-refractivity contribution is 0.102. The largest absolute Gasteiger partial charge is 0.497 e. The summed E-state index contributed by atoms with van der Waals surface area (Å²) in [4.78, 5) is 12.6. The number of rotatable bonds is 5. The molecule has 0 aliphatic heterocycles. The summed E-state index contributed by atoms with van der Waals surface area (Å²) in [7, 11) is 1.59. The van der Waals surface area contributed by atoms with Crippen LogP contribution < -0.4 is 14.8 Å². The van der Waals surface area contributed by atoms with Gasteiger partial charge in [0, 0.05) is 11.8 Å². The van der Waals surface area contributed by atoms with Crippen molar-refractivity contribution in [2.75, 3.05) is 12.4 Å². The second-order valence-corrected chi connectivity index (χ2v) is 5.80. The zero-order valence-corrected chi connectivity index (χ0v) is 14.3.